The maximum atomic E-state index is 5.69. The summed E-state index contributed by atoms with van der Waals surface area (Å²) in [5.41, 5.74) is 9.30. The van der Waals surface area contributed by atoms with E-state index in [0.717, 1.165) is 47.5 Å². The summed E-state index contributed by atoms with van der Waals surface area (Å²) in [6, 6.07) is 3.82. The predicted octanol–water partition coefficient (Wildman–Crippen LogP) is 2.05. The average molecular weight is 334 g/mol. The lowest BCUT2D eigenvalue weighted by molar-refractivity contribution is 0.748. The van der Waals surface area contributed by atoms with E-state index in [1.165, 1.54) is 0 Å². The van der Waals surface area contributed by atoms with Crippen LogP contribution in [0.4, 0.5) is 11.6 Å². The van der Waals surface area contributed by atoms with E-state index in [4.69, 9.17) is 5.73 Å². The summed E-state index contributed by atoms with van der Waals surface area (Å²) in [4.78, 5) is 15.8. The van der Waals surface area contributed by atoms with E-state index in [1.54, 1.807) is 12.4 Å². The highest BCUT2D eigenvalue weighted by atomic mass is 35.5. The number of H-pyrrole nitrogens is 1. The van der Waals surface area contributed by atoms with Crippen molar-refractivity contribution in [3.63, 3.8) is 0 Å². The summed E-state index contributed by atoms with van der Waals surface area (Å²) >= 11 is 0. The van der Waals surface area contributed by atoms with Gasteiger partial charge in [-0.05, 0) is 32.1 Å². The summed E-state index contributed by atoms with van der Waals surface area (Å²) in [6.45, 7) is 1.86. The van der Waals surface area contributed by atoms with Gasteiger partial charge in [0.05, 0.1) is 11.1 Å². The first-order valence-electron chi connectivity index (χ1n) is 7.23. The van der Waals surface area contributed by atoms with Crippen molar-refractivity contribution < 1.29 is 0 Å². The zero-order valence-electron chi connectivity index (χ0n) is 12.8. The highest BCUT2D eigenvalue weighted by molar-refractivity contribution is 6.01. The molecule has 5 N–H and O–H groups in total. The maximum Gasteiger partial charge on any atom is 0.220 e. The molecule has 0 saturated carbocycles. The third-order valence-corrected chi connectivity index (χ3v) is 3.44. The first kappa shape index (κ1) is 17.0. The largest absolute Gasteiger partial charge is 0.384 e. The number of nitrogens with one attached hydrogen (secondary N) is 3. The topological polar surface area (TPSA) is 105 Å². The number of aromatic nitrogens is 4. The molecule has 3 heterocycles. The fourth-order valence-electron chi connectivity index (χ4n) is 2.42. The Morgan fingerprint density at radius 2 is 2.00 bits per heavy atom. The molecule has 3 aromatic rings. The second kappa shape index (κ2) is 7.75. The van der Waals surface area contributed by atoms with E-state index < -0.39 is 0 Å². The van der Waals surface area contributed by atoms with Gasteiger partial charge < -0.3 is 21.4 Å². The summed E-state index contributed by atoms with van der Waals surface area (Å²) in [5.74, 6) is 0.263. The van der Waals surface area contributed by atoms with Crippen molar-refractivity contribution in [3.05, 3.63) is 30.7 Å². The van der Waals surface area contributed by atoms with Crippen LogP contribution in [0.15, 0.2) is 30.7 Å². The monoisotopic (exact) mass is 333 g/mol. The van der Waals surface area contributed by atoms with Gasteiger partial charge in [-0.2, -0.15) is 0 Å². The predicted molar refractivity (Wildman–Crippen MR) is 95.8 cm³/mol. The van der Waals surface area contributed by atoms with Gasteiger partial charge in [-0.1, -0.05) is 0 Å². The highest BCUT2D eigenvalue weighted by Crippen LogP contribution is 2.31. The Morgan fingerprint density at radius 3 is 2.78 bits per heavy atom. The van der Waals surface area contributed by atoms with E-state index in [2.05, 4.69) is 30.6 Å². The molecule has 0 fully saturated rings. The second-order valence-electron chi connectivity index (χ2n) is 4.97. The minimum atomic E-state index is 0. The van der Waals surface area contributed by atoms with Gasteiger partial charge in [-0.3, -0.25) is 0 Å². The number of anilines is 2. The highest BCUT2D eigenvalue weighted by Gasteiger charge is 2.12. The number of nitrogens with two attached hydrogens (primary N) is 1. The van der Waals surface area contributed by atoms with Crippen LogP contribution in [0.5, 0.6) is 0 Å². The summed E-state index contributed by atoms with van der Waals surface area (Å²) < 4.78 is 0. The number of rotatable bonds is 6. The normalized spacial score (nSPS) is 10.5. The Bertz CT molecular complexity index is 771. The average Bonchev–Trinajstić information content (AvgIpc) is 2.96. The van der Waals surface area contributed by atoms with Crippen molar-refractivity contribution in [3.8, 4) is 11.3 Å². The van der Waals surface area contributed by atoms with Crippen LogP contribution in [-0.2, 0) is 0 Å². The SMILES string of the molecule is CNCCCNc1ccnc2[nH]cc(-c3ccnc(N)n3)c12.Cl. The van der Waals surface area contributed by atoms with Gasteiger partial charge in [0.15, 0.2) is 0 Å². The van der Waals surface area contributed by atoms with Crippen LogP contribution in [0.3, 0.4) is 0 Å². The molecule has 0 aliphatic carbocycles. The zero-order valence-corrected chi connectivity index (χ0v) is 13.7. The van der Waals surface area contributed by atoms with Gasteiger partial charge in [0, 0.05) is 36.4 Å². The molecule has 0 spiro atoms. The first-order chi connectivity index (χ1) is 10.8. The fraction of sp³-hybridized carbons (Fsp3) is 0.267. The van der Waals surface area contributed by atoms with Crippen LogP contribution in [0.1, 0.15) is 6.42 Å². The molecular weight excluding hydrogens is 314 g/mol. The molecule has 0 aliphatic rings. The molecular formula is C15H20ClN7. The molecule has 0 aliphatic heterocycles. The summed E-state index contributed by atoms with van der Waals surface area (Å²) in [7, 11) is 1.95. The molecule has 8 heteroatoms. The molecule has 0 unspecified atom stereocenters. The van der Waals surface area contributed by atoms with Gasteiger partial charge >= 0.3 is 0 Å². The van der Waals surface area contributed by atoms with E-state index in [-0.39, 0.29) is 18.4 Å². The van der Waals surface area contributed by atoms with Crippen molar-refractivity contribution in [1.82, 2.24) is 25.3 Å². The van der Waals surface area contributed by atoms with Gasteiger partial charge in [0.25, 0.3) is 0 Å². The van der Waals surface area contributed by atoms with Crippen LogP contribution < -0.4 is 16.4 Å². The van der Waals surface area contributed by atoms with Crippen molar-refractivity contribution in [2.24, 2.45) is 0 Å². The quantitative estimate of drug-likeness (QED) is 0.515. The Kier molecular flexibility index (Phi) is 5.72. The maximum absolute atomic E-state index is 5.69. The Balaban J connectivity index is 0.00000192. The molecule has 23 heavy (non-hydrogen) atoms. The number of aromatic amines is 1. The molecule has 0 amide bonds. The van der Waals surface area contributed by atoms with Crippen LogP contribution in [0, 0.1) is 0 Å². The fourth-order valence-corrected chi connectivity index (χ4v) is 2.42. The standard InChI is InChI=1S/C15H19N7.ClH/c1-17-5-2-6-18-12-4-7-19-14-13(12)10(9-21-14)11-3-8-20-15(16)22-11;/h3-4,7-9,17H,2,5-6H2,1H3,(H2,16,20,22)(H2,18,19,21);1H. The number of hydrogen-bond acceptors (Lipinski definition) is 6. The number of nitrogen functional groups attached to an aromatic ring is 1. The summed E-state index contributed by atoms with van der Waals surface area (Å²) in [6.07, 6.45) is 6.39. The van der Waals surface area contributed by atoms with E-state index in [1.807, 2.05) is 25.4 Å². The Labute approximate surface area is 140 Å². The third-order valence-electron chi connectivity index (χ3n) is 3.44. The van der Waals surface area contributed by atoms with Gasteiger partial charge in [0.1, 0.15) is 5.65 Å². The van der Waals surface area contributed by atoms with Crippen LogP contribution >= 0.6 is 12.4 Å². The molecule has 3 rings (SSSR count). The lowest BCUT2D eigenvalue weighted by Gasteiger charge is -2.09. The minimum absolute atomic E-state index is 0. The van der Waals surface area contributed by atoms with Crippen molar-refractivity contribution in [1.29, 1.82) is 0 Å². The molecule has 0 radical (unpaired) electrons. The molecule has 0 bridgehead atoms. The lowest BCUT2D eigenvalue weighted by Crippen LogP contribution is -2.13. The van der Waals surface area contributed by atoms with Gasteiger partial charge in [0.2, 0.25) is 5.95 Å². The van der Waals surface area contributed by atoms with Crippen LogP contribution in [0.2, 0.25) is 0 Å². The molecule has 0 atom stereocenters. The number of hydrogen-bond donors (Lipinski definition) is 4. The van der Waals surface area contributed by atoms with E-state index in [0.29, 0.717) is 0 Å². The van der Waals surface area contributed by atoms with E-state index >= 15 is 0 Å². The third kappa shape index (κ3) is 3.69. The zero-order chi connectivity index (χ0) is 15.4. The number of nitrogens with zero attached hydrogens (tertiary/aromatic N) is 3. The van der Waals surface area contributed by atoms with Crippen molar-refractivity contribution >= 4 is 35.1 Å². The molecule has 0 aromatic carbocycles. The molecule has 0 saturated heterocycles. The molecule has 3 aromatic heterocycles. The smallest absolute Gasteiger partial charge is 0.220 e. The minimum Gasteiger partial charge on any atom is -0.384 e. The van der Waals surface area contributed by atoms with E-state index in [9.17, 15) is 0 Å². The van der Waals surface area contributed by atoms with Crippen molar-refractivity contribution in [2.45, 2.75) is 6.42 Å². The van der Waals surface area contributed by atoms with Crippen LogP contribution in [0.25, 0.3) is 22.3 Å². The van der Waals surface area contributed by atoms with Gasteiger partial charge in [-0.25, -0.2) is 15.0 Å². The first-order valence-corrected chi connectivity index (χ1v) is 7.23. The molecule has 122 valence electrons. The van der Waals surface area contributed by atoms with Gasteiger partial charge in [-0.15, -0.1) is 12.4 Å². The number of pyridine rings is 1. The Hall–Kier alpha value is -2.38. The number of halogens is 1. The second-order valence-corrected chi connectivity index (χ2v) is 4.97. The lowest BCUT2D eigenvalue weighted by atomic mass is 10.1. The Morgan fingerprint density at radius 1 is 1.17 bits per heavy atom. The summed E-state index contributed by atoms with van der Waals surface area (Å²) in [5, 5.41) is 7.62. The van der Waals surface area contributed by atoms with Crippen molar-refractivity contribution in [2.75, 3.05) is 31.2 Å². The molecule has 7 nitrogen and oxygen atoms in total. The number of fused-ring (bicyclic) bond motifs is 1. The van der Waals surface area contributed by atoms with Crippen LogP contribution in [-0.4, -0.2) is 40.1 Å².